The van der Waals surface area contributed by atoms with Crippen LogP contribution in [0.25, 0.3) is 0 Å². The molecule has 1 saturated heterocycles. The molecule has 2 aromatic rings. The lowest BCUT2D eigenvalue weighted by atomic mass is 10.2. The smallest absolute Gasteiger partial charge is 0.317 e. The van der Waals surface area contributed by atoms with Crippen molar-refractivity contribution >= 4 is 29.3 Å². The molecule has 0 aliphatic carbocycles. The van der Waals surface area contributed by atoms with Crippen LogP contribution in [0, 0.1) is 0 Å². The first-order valence-electron chi connectivity index (χ1n) is 8.54. The lowest BCUT2D eigenvalue weighted by Gasteiger charge is -2.35. The molecule has 0 spiro atoms. The summed E-state index contributed by atoms with van der Waals surface area (Å²) in [6, 6.07) is 7.59. The molecule has 1 N–H and O–H groups in total. The van der Waals surface area contributed by atoms with Crippen molar-refractivity contribution < 1.29 is 4.79 Å². The molecule has 1 aliphatic heterocycles. The van der Waals surface area contributed by atoms with Gasteiger partial charge in [0.15, 0.2) is 0 Å². The van der Waals surface area contributed by atoms with E-state index in [4.69, 9.17) is 11.6 Å². The molecule has 3 heterocycles. The van der Waals surface area contributed by atoms with Crippen molar-refractivity contribution in [1.82, 2.24) is 20.2 Å². The minimum absolute atomic E-state index is 0.0445. The summed E-state index contributed by atoms with van der Waals surface area (Å²) in [4.78, 5) is 27.0. The van der Waals surface area contributed by atoms with Crippen LogP contribution in [0.3, 0.4) is 0 Å². The number of hydrogen-bond acceptors (Lipinski definition) is 5. The van der Waals surface area contributed by atoms with Gasteiger partial charge in [-0.25, -0.2) is 14.8 Å². The quantitative estimate of drug-likeness (QED) is 0.889. The Hall–Kier alpha value is -2.54. The third kappa shape index (κ3) is 4.54. The summed E-state index contributed by atoms with van der Waals surface area (Å²) in [6.45, 7) is 3.32. The van der Waals surface area contributed by atoms with Crippen LogP contribution in [-0.4, -0.2) is 61.2 Å². The first-order chi connectivity index (χ1) is 12.5. The van der Waals surface area contributed by atoms with Gasteiger partial charge in [-0.2, -0.15) is 0 Å². The third-order valence-electron chi connectivity index (χ3n) is 4.31. The van der Waals surface area contributed by atoms with Crippen molar-refractivity contribution in [1.29, 1.82) is 0 Å². The van der Waals surface area contributed by atoms with Crippen LogP contribution >= 0.6 is 11.6 Å². The molecule has 0 radical (unpaired) electrons. The molecule has 2 amide bonds. The Balaban J connectivity index is 1.49. The molecular weight excluding hydrogens is 352 g/mol. The van der Waals surface area contributed by atoms with Gasteiger partial charge in [0.2, 0.25) is 0 Å². The van der Waals surface area contributed by atoms with E-state index in [0.29, 0.717) is 24.7 Å². The summed E-state index contributed by atoms with van der Waals surface area (Å²) < 4.78 is 0. The zero-order valence-electron chi connectivity index (χ0n) is 15.0. The molecule has 0 unspecified atom stereocenters. The molecule has 138 valence electrons. The standard InChI is InChI=1S/C18H23ClN6O/c1-23(2)17-11-14(5-6-20-17)12-22-18(26)25-9-7-24(8-10-25)16-4-3-15(19)13-21-16/h3-6,11,13H,7-10,12H2,1-2H3,(H,22,26). The van der Waals surface area contributed by atoms with E-state index in [0.717, 1.165) is 30.3 Å². The number of carbonyl (C=O) groups is 1. The fourth-order valence-corrected chi connectivity index (χ4v) is 2.91. The highest BCUT2D eigenvalue weighted by molar-refractivity contribution is 6.30. The first kappa shape index (κ1) is 18.3. The topological polar surface area (TPSA) is 64.6 Å². The number of urea groups is 1. The van der Waals surface area contributed by atoms with Crippen LogP contribution in [0.5, 0.6) is 0 Å². The molecule has 0 saturated carbocycles. The average Bonchev–Trinajstić information content (AvgIpc) is 2.67. The van der Waals surface area contributed by atoms with Crippen molar-refractivity contribution in [3.63, 3.8) is 0 Å². The normalized spacial score (nSPS) is 14.3. The highest BCUT2D eigenvalue weighted by Gasteiger charge is 2.21. The lowest BCUT2D eigenvalue weighted by molar-refractivity contribution is 0.194. The van der Waals surface area contributed by atoms with Crippen molar-refractivity contribution in [2.24, 2.45) is 0 Å². The van der Waals surface area contributed by atoms with E-state index in [2.05, 4.69) is 20.2 Å². The molecule has 7 nitrogen and oxygen atoms in total. The van der Waals surface area contributed by atoms with Gasteiger partial charge in [0.1, 0.15) is 11.6 Å². The van der Waals surface area contributed by atoms with E-state index in [1.807, 2.05) is 48.2 Å². The number of anilines is 2. The van der Waals surface area contributed by atoms with Crippen LogP contribution < -0.4 is 15.1 Å². The predicted octanol–water partition coefficient (Wildman–Crippen LogP) is 2.23. The van der Waals surface area contributed by atoms with E-state index >= 15 is 0 Å². The van der Waals surface area contributed by atoms with Gasteiger partial charge in [-0.1, -0.05) is 11.6 Å². The second kappa shape index (κ2) is 8.23. The number of rotatable bonds is 4. The summed E-state index contributed by atoms with van der Waals surface area (Å²) in [6.07, 6.45) is 3.40. The number of pyridine rings is 2. The van der Waals surface area contributed by atoms with Crippen LogP contribution in [0.2, 0.25) is 5.02 Å². The summed E-state index contributed by atoms with van der Waals surface area (Å²) in [5, 5.41) is 3.61. The maximum absolute atomic E-state index is 12.4. The highest BCUT2D eigenvalue weighted by atomic mass is 35.5. The van der Waals surface area contributed by atoms with Crippen molar-refractivity contribution in [3.05, 3.63) is 47.2 Å². The number of hydrogen-bond donors (Lipinski definition) is 1. The summed E-state index contributed by atoms with van der Waals surface area (Å²) in [7, 11) is 3.89. The minimum atomic E-state index is -0.0445. The zero-order chi connectivity index (χ0) is 18.5. The number of aromatic nitrogens is 2. The molecule has 26 heavy (non-hydrogen) atoms. The number of carbonyl (C=O) groups excluding carboxylic acids is 1. The number of nitrogens with one attached hydrogen (secondary N) is 1. The molecule has 1 fully saturated rings. The number of halogens is 1. The van der Waals surface area contributed by atoms with Gasteiger partial charge in [-0.15, -0.1) is 0 Å². The van der Waals surface area contributed by atoms with Crippen molar-refractivity contribution in [2.75, 3.05) is 50.1 Å². The molecule has 1 aliphatic rings. The van der Waals surface area contributed by atoms with Crippen LogP contribution in [0.15, 0.2) is 36.7 Å². The predicted molar refractivity (Wildman–Crippen MR) is 104 cm³/mol. The monoisotopic (exact) mass is 374 g/mol. The molecule has 0 atom stereocenters. The molecule has 0 aromatic carbocycles. The Bertz CT molecular complexity index is 744. The van der Waals surface area contributed by atoms with E-state index in [1.54, 1.807) is 12.4 Å². The van der Waals surface area contributed by atoms with E-state index in [1.165, 1.54) is 0 Å². The second-order valence-electron chi connectivity index (χ2n) is 6.38. The Kier molecular flexibility index (Phi) is 5.78. The SMILES string of the molecule is CN(C)c1cc(CNC(=O)N2CCN(c3ccc(Cl)cn3)CC2)ccn1. The Morgan fingerprint density at radius 3 is 2.62 bits per heavy atom. The maximum Gasteiger partial charge on any atom is 0.317 e. The van der Waals surface area contributed by atoms with Gasteiger partial charge in [0, 0.05) is 59.2 Å². The fourth-order valence-electron chi connectivity index (χ4n) is 2.80. The zero-order valence-corrected chi connectivity index (χ0v) is 15.8. The number of amides is 2. The Labute approximate surface area is 158 Å². The summed E-state index contributed by atoms with van der Waals surface area (Å²) in [5.74, 6) is 1.77. The summed E-state index contributed by atoms with van der Waals surface area (Å²) >= 11 is 5.88. The van der Waals surface area contributed by atoms with E-state index in [9.17, 15) is 4.79 Å². The van der Waals surface area contributed by atoms with Crippen LogP contribution in [0.1, 0.15) is 5.56 Å². The van der Waals surface area contributed by atoms with E-state index < -0.39 is 0 Å². The Morgan fingerprint density at radius 2 is 1.96 bits per heavy atom. The maximum atomic E-state index is 12.4. The fraction of sp³-hybridized carbons (Fsp3) is 0.389. The van der Waals surface area contributed by atoms with Crippen LogP contribution in [0.4, 0.5) is 16.4 Å². The van der Waals surface area contributed by atoms with Gasteiger partial charge in [0.05, 0.1) is 5.02 Å². The van der Waals surface area contributed by atoms with Gasteiger partial charge in [-0.3, -0.25) is 0 Å². The van der Waals surface area contributed by atoms with E-state index in [-0.39, 0.29) is 6.03 Å². The lowest BCUT2D eigenvalue weighted by Crippen LogP contribution is -2.51. The third-order valence-corrected chi connectivity index (χ3v) is 4.54. The van der Waals surface area contributed by atoms with Gasteiger partial charge < -0.3 is 20.0 Å². The number of piperazine rings is 1. The van der Waals surface area contributed by atoms with Gasteiger partial charge in [-0.05, 0) is 29.8 Å². The van der Waals surface area contributed by atoms with Crippen molar-refractivity contribution in [3.8, 4) is 0 Å². The molecular formula is C18H23ClN6O. The van der Waals surface area contributed by atoms with Gasteiger partial charge >= 0.3 is 6.03 Å². The van der Waals surface area contributed by atoms with Gasteiger partial charge in [0.25, 0.3) is 0 Å². The highest BCUT2D eigenvalue weighted by Crippen LogP contribution is 2.16. The number of nitrogens with zero attached hydrogens (tertiary/aromatic N) is 5. The summed E-state index contributed by atoms with van der Waals surface area (Å²) in [5.41, 5.74) is 1.03. The largest absolute Gasteiger partial charge is 0.363 e. The first-order valence-corrected chi connectivity index (χ1v) is 8.92. The Morgan fingerprint density at radius 1 is 1.19 bits per heavy atom. The average molecular weight is 375 g/mol. The molecule has 2 aromatic heterocycles. The van der Waals surface area contributed by atoms with Crippen LogP contribution in [-0.2, 0) is 6.54 Å². The molecule has 0 bridgehead atoms. The van der Waals surface area contributed by atoms with Crippen molar-refractivity contribution in [2.45, 2.75) is 6.54 Å². The minimum Gasteiger partial charge on any atom is -0.363 e. The molecule has 8 heteroatoms. The second-order valence-corrected chi connectivity index (χ2v) is 6.82. The molecule has 3 rings (SSSR count).